The average Bonchev–Trinajstić information content (AvgIpc) is 2.08. The number of hydrogen-bond donors (Lipinski definition) is 1. The summed E-state index contributed by atoms with van der Waals surface area (Å²) in [5, 5.41) is 2.33. The number of halogens is 2. The standard InChI is InChI=1S/C7H6BrFN2O/c8-5-1-2-11-6(7(5)9)3-10-4-12/h1-2,4H,3H2,(H,10,12). The lowest BCUT2D eigenvalue weighted by Crippen LogP contribution is -2.12. The second-order valence-corrected chi connectivity index (χ2v) is 2.91. The summed E-state index contributed by atoms with van der Waals surface area (Å²) in [6.45, 7) is 0.106. The number of nitrogens with one attached hydrogen (secondary N) is 1. The highest BCUT2D eigenvalue weighted by Gasteiger charge is 2.05. The molecule has 1 rings (SSSR count). The van der Waals surface area contributed by atoms with Gasteiger partial charge in [-0.2, -0.15) is 0 Å². The topological polar surface area (TPSA) is 42.0 Å². The number of carbonyl (C=O) groups is 1. The highest BCUT2D eigenvalue weighted by molar-refractivity contribution is 9.10. The third-order valence-corrected chi connectivity index (χ3v) is 1.88. The summed E-state index contributed by atoms with van der Waals surface area (Å²) in [7, 11) is 0. The molecule has 0 saturated heterocycles. The fourth-order valence-electron chi connectivity index (χ4n) is 0.722. The summed E-state index contributed by atoms with van der Waals surface area (Å²) in [4.78, 5) is 13.7. The van der Waals surface area contributed by atoms with Crippen molar-refractivity contribution in [1.82, 2.24) is 10.3 Å². The van der Waals surface area contributed by atoms with Crippen molar-refractivity contribution in [2.75, 3.05) is 0 Å². The molecule has 0 saturated carbocycles. The third kappa shape index (κ3) is 2.01. The van der Waals surface area contributed by atoms with E-state index in [2.05, 4.69) is 26.2 Å². The fraction of sp³-hybridized carbons (Fsp3) is 0.143. The fourth-order valence-corrected chi connectivity index (χ4v) is 1.07. The Hall–Kier alpha value is -0.970. The van der Waals surface area contributed by atoms with Crippen molar-refractivity contribution in [3.63, 3.8) is 0 Å². The number of pyridine rings is 1. The van der Waals surface area contributed by atoms with Crippen LogP contribution in [0.5, 0.6) is 0 Å². The predicted molar refractivity (Wildman–Crippen MR) is 44.8 cm³/mol. The van der Waals surface area contributed by atoms with Crippen molar-refractivity contribution in [2.45, 2.75) is 6.54 Å². The van der Waals surface area contributed by atoms with E-state index in [4.69, 9.17) is 0 Å². The van der Waals surface area contributed by atoms with E-state index in [1.165, 1.54) is 12.3 Å². The van der Waals surface area contributed by atoms with Gasteiger partial charge in [-0.05, 0) is 22.0 Å². The van der Waals surface area contributed by atoms with Gasteiger partial charge in [0.2, 0.25) is 6.41 Å². The van der Waals surface area contributed by atoms with E-state index < -0.39 is 5.82 Å². The Morgan fingerprint density at radius 3 is 3.17 bits per heavy atom. The molecule has 0 aliphatic rings. The van der Waals surface area contributed by atoms with Gasteiger partial charge in [-0.25, -0.2) is 4.39 Å². The zero-order valence-corrected chi connectivity index (χ0v) is 7.64. The van der Waals surface area contributed by atoms with Gasteiger partial charge >= 0.3 is 0 Å². The minimum absolute atomic E-state index is 0.106. The molecule has 0 aromatic carbocycles. The molecule has 0 spiro atoms. The highest BCUT2D eigenvalue weighted by atomic mass is 79.9. The van der Waals surface area contributed by atoms with Crippen LogP contribution in [-0.4, -0.2) is 11.4 Å². The number of carbonyl (C=O) groups excluding carboxylic acids is 1. The highest BCUT2D eigenvalue weighted by Crippen LogP contribution is 2.15. The first-order valence-electron chi connectivity index (χ1n) is 3.21. The van der Waals surface area contributed by atoms with Gasteiger partial charge in [-0.15, -0.1) is 0 Å². The Labute approximate surface area is 77.1 Å². The SMILES string of the molecule is O=CNCc1nccc(Br)c1F. The van der Waals surface area contributed by atoms with Crippen molar-refractivity contribution in [3.8, 4) is 0 Å². The lowest BCUT2D eigenvalue weighted by Gasteiger charge is -2.01. The molecule has 1 aromatic rings. The van der Waals surface area contributed by atoms with E-state index in [1.807, 2.05) is 0 Å². The van der Waals surface area contributed by atoms with Crippen LogP contribution in [0.15, 0.2) is 16.7 Å². The molecule has 0 aliphatic carbocycles. The van der Waals surface area contributed by atoms with Crippen LogP contribution in [0, 0.1) is 5.82 Å². The van der Waals surface area contributed by atoms with Crippen LogP contribution >= 0.6 is 15.9 Å². The van der Waals surface area contributed by atoms with Crippen molar-refractivity contribution >= 4 is 22.3 Å². The Kier molecular flexibility index (Phi) is 3.16. The second kappa shape index (κ2) is 4.15. The molecule has 0 bridgehead atoms. The van der Waals surface area contributed by atoms with Gasteiger partial charge < -0.3 is 5.32 Å². The maximum Gasteiger partial charge on any atom is 0.207 e. The van der Waals surface area contributed by atoms with E-state index in [0.29, 0.717) is 10.9 Å². The summed E-state index contributed by atoms with van der Waals surface area (Å²) >= 11 is 3.01. The summed E-state index contributed by atoms with van der Waals surface area (Å²) in [5.74, 6) is -0.438. The maximum atomic E-state index is 13.1. The summed E-state index contributed by atoms with van der Waals surface area (Å²) in [5.41, 5.74) is 0.219. The number of amides is 1. The Morgan fingerprint density at radius 2 is 2.50 bits per heavy atom. The zero-order valence-electron chi connectivity index (χ0n) is 6.05. The predicted octanol–water partition coefficient (Wildman–Crippen LogP) is 1.23. The van der Waals surface area contributed by atoms with Crippen LogP contribution in [0.3, 0.4) is 0 Å². The van der Waals surface area contributed by atoms with Crippen LogP contribution in [0.4, 0.5) is 4.39 Å². The molecular formula is C7H6BrFN2O. The molecule has 1 heterocycles. The Morgan fingerprint density at radius 1 is 1.75 bits per heavy atom. The number of hydrogen-bond acceptors (Lipinski definition) is 2. The molecule has 1 aromatic heterocycles. The molecule has 0 unspecified atom stereocenters. The second-order valence-electron chi connectivity index (χ2n) is 2.05. The monoisotopic (exact) mass is 232 g/mol. The molecule has 12 heavy (non-hydrogen) atoms. The molecule has 0 radical (unpaired) electrons. The summed E-state index contributed by atoms with van der Waals surface area (Å²) < 4.78 is 13.4. The van der Waals surface area contributed by atoms with Gasteiger partial charge in [0.05, 0.1) is 16.7 Å². The molecule has 0 fully saturated rings. The lowest BCUT2D eigenvalue weighted by atomic mass is 10.3. The van der Waals surface area contributed by atoms with Crippen molar-refractivity contribution < 1.29 is 9.18 Å². The molecule has 0 atom stereocenters. The minimum Gasteiger partial charge on any atom is -0.353 e. The van der Waals surface area contributed by atoms with E-state index in [0.717, 1.165) is 0 Å². The number of rotatable bonds is 3. The largest absolute Gasteiger partial charge is 0.353 e. The number of nitrogens with zero attached hydrogens (tertiary/aromatic N) is 1. The molecular weight excluding hydrogens is 227 g/mol. The van der Waals surface area contributed by atoms with Crippen LogP contribution in [0.2, 0.25) is 0 Å². The van der Waals surface area contributed by atoms with Gasteiger partial charge in [-0.3, -0.25) is 9.78 Å². The zero-order chi connectivity index (χ0) is 8.97. The normalized spacial score (nSPS) is 9.50. The molecule has 64 valence electrons. The maximum absolute atomic E-state index is 13.1. The van der Waals surface area contributed by atoms with E-state index in [-0.39, 0.29) is 12.2 Å². The molecule has 1 amide bonds. The Bertz CT molecular complexity index is 293. The van der Waals surface area contributed by atoms with Gasteiger partial charge in [-0.1, -0.05) is 0 Å². The van der Waals surface area contributed by atoms with Crippen molar-refractivity contribution in [1.29, 1.82) is 0 Å². The molecule has 0 aliphatic heterocycles. The van der Waals surface area contributed by atoms with Crippen molar-refractivity contribution in [3.05, 3.63) is 28.2 Å². The van der Waals surface area contributed by atoms with Gasteiger partial charge in [0, 0.05) is 6.20 Å². The van der Waals surface area contributed by atoms with E-state index in [1.54, 1.807) is 0 Å². The number of aromatic nitrogens is 1. The lowest BCUT2D eigenvalue weighted by molar-refractivity contribution is -0.109. The van der Waals surface area contributed by atoms with E-state index >= 15 is 0 Å². The summed E-state index contributed by atoms with van der Waals surface area (Å²) in [6.07, 6.45) is 1.97. The van der Waals surface area contributed by atoms with Crippen LogP contribution in [0.1, 0.15) is 5.69 Å². The van der Waals surface area contributed by atoms with Crippen LogP contribution < -0.4 is 5.32 Å². The minimum atomic E-state index is -0.438. The molecule has 5 heteroatoms. The van der Waals surface area contributed by atoms with Crippen molar-refractivity contribution in [2.24, 2.45) is 0 Å². The van der Waals surface area contributed by atoms with Gasteiger partial charge in [0.15, 0.2) is 5.82 Å². The first-order valence-corrected chi connectivity index (χ1v) is 4.01. The smallest absolute Gasteiger partial charge is 0.207 e. The average molecular weight is 233 g/mol. The first-order chi connectivity index (χ1) is 5.75. The van der Waals surface area contributed by atoms with Gasteiger partial charge in [0.1, 0.15) is 0 Å². The Balaban J connectivity index is 2.84. The van der Waals surface area contributed by atoms with E-state index in [9.17, 15) is 9.18 Å². The summed E-state index contributed by atoms with van der Waals surface area (Å²) in [6, 6.07) is 1.50. The molecule has 3 nitrogen and oxygen atoms in total. The quantitative estimate of drug-likeness (QED) is 0.797. The molecule has 1 N–H and O–H groups in total. The van der Waals surface area contributed by atoms with Gasteiger partial charge in [0.25, 0.3) is 0 Å². The van der Waals surface area contributed by atoms with Crippen LogP contribution in [-0.2, 0) is 11.3 Å². The van der Waals surface area contributed by atoms with Crippen LogP contribution in [0.25, 0.3) is 0 Å². The third-order valence-electron chi connectivity index (χ3n) is 1.27. The first kappa shape index (κ1) is 9.12.